The maximum atomic E-state index is 5.55. The van der Waals surface area contributed by atoms with Gasteiger partial charge >= 0.3 is 0 Å². The monoisotopic (exact) mass is 154 g/mol. The highest BCUT2D eigenvalue weighted by Crippen LogP contribution is 1.97. The van der Waals surface area contributed by atoms with Crippen LogP contribution in [0.15, 0.2) is 23.0 Å². The summed E-state index contributed by atoms with van der Waals surface area (Å²) in [5.74, 6) is 0. The van der Waals surface area contributed by atoms with Gasteiger partial charge in [-0.2, -0.15) is 0 Å². The fourth-order valence-corrected chi connectivity index (χ4v) is 0.837. The highest BCUT2D eigenvalue weighted by Gasteiger charge is 1.94. The van der Waals surface area contributed by atoms with Gasteiger partial charge in [-0.05, 0) is 13.0 Å². The van der Waals surface area contributed by atoms with E-state index in [1.807, 2.05) is 13.0 Å². The van der Waals surface area contributed by atoms with Crippen LogP contribution in [0.5, 0.6) is 0 Å². The van der Waals surface area contributed by atoms with Gasteiger partial charge < -0.3 is 15.5 Å². The van der Waals surface area contributed by atoms with Crippen molar-refractivity contribution in [2.75, 3.05) is 6.54 Å². The third kappa shape index (κ3) is 3.20. The summed E-state index contributed by atoms with van der Waals surface area (Å²) in [6.07, 6.45) is 3.40. The normalized spacial score (nSPS) is 13.3. The highest BCUT2D eigenvalue weighted by atomic mass is 16.3. The molecule has 0 bridgehead atoms. The molecule has 0 saturated carbocycles. The standard InChI is InChI=1S/C8H14N2O/c1-7(9)4-10-5-8-2-3-11-6-8/h2-3,6-7,10H,4-5,9H2,1H3. The van der Waals surface area contributed by atoms with E-state index >= 15 is 0 Å². The average Bonchev–Trinajstić information content (AvgIpc) is 2.39. The molecule has 62 valence electrons. The van der Waals surface area contributed by atoms with Crippen molar-refractivity contribution in [2.45, 2.75) is 19.5 Å². The molecule has 1 unspecified atom stereocenters. The molecule has 1 rings (SSSR count). The van der Waals surface area contributed by atoms with Crippen LogP contribution in [0.4, 0.5) is 0 Å². The summed E-state index contributed by atoms with van der Waals surface area (Å²) in [7, 11) is 0. The van der Waals surface area contributed by atoms with Crippen LogP contribution in [0, 0.1) is 0 Å². The van der Waals surface area contributed by atoms with Gasteiger partial charge in [-0.15, -0.1) is 0 Å². The van der Waals surface area contributed by atoms with E-state index in [9.17, 15) is 0 Å². The third-order valence-electron chi connectivity index (χ3n) is 1.38. The first kappa shape index (κ1) is 8.30. The number of furan rings is 1. The van der Waals surface area contributed by atoms with Crippen LogP contribution >= 0.6 is 0 Å². The van der Waals surface area contributed by atoms with Crippen molar-refractivity contribution >= 4 is 0 Å². The van der Waals surface area contributed by atoms with Gasteiger partial charge in [0.25, 0.3) is 0 Å². The molecule has 0 aliphatic heterocycles. The van der Waals surface area contributed by atoms with Crippen molar-refractivity contribution in [3.63, 3.8) is 0 Å². The Morgan fingerprint density at radius 2 is 2.55 bits per heavy atom. The minimum absolute atomic E-state index is 0.210. The van der Waals surface area contributed by atoms with Crippen molar-refractivity contribution in [1.29, 1.82) is 0 Å². The predicted molar refractivity (Wildman–Crippen MR) is 44.1 cm³/mol. The van der Waals surface area contributed by atoms with Gasteiger partial charge in [-0.25, -0.2) is 0 Å². The fourth-order valence-electron chi connectivity index (χ4n) is 0.837. The molecule has 0 saturated heterocycles. The van der Waals surface area contributed by atoms with Gasteiger partial charge in [-0.3, -0.25) is 0 Å². The lowest BCUT2D eigenvalue weighted by Gasteiger charge is -2.04. The van der Waals surface area contributed by atoms with E-state index in [1.54, 1.807) is 12.5 Å². The molecule has 0 aliphatic carbocycles. The van der Waals surface area contributed by atoms with Crippen molar-refractivity contribution in [3.8, 4) is 0 Å². The third-order valence-corrected chi connectivity index (χ3v) is 1.38. The predicted octanol–water partition coefficient (Wildman–Crippen LogP) is 0.716. The lowest BCUT2D eigenvalue weighted by Crippen LogP contribution is -2.30. The summed E-state index contributed by atoms with van der Waals surface area (Å²) in [5.41, 5.74) is 6.70. The fraction of sp³-hybridized carbons (Fsp3) is 0.500. The molecule has 0 amide bonds. The van der Waals surface area contributed by atoms with Crippen LogP contribution < -0.4 is 11.1 Å². The Balaban J connectivity index is 2.14. The molecule has 0 aliphatic rings. The van der Waals surface area contributed by atoms with E-state index in [1.165, 1.54) is 0 Å². The minimum Gasteiger partial charge on any atom is -0.472 e. The quantitative estimate of drug-likeness (QED) is 0.671. The van der Waals surface area contributed by atoms with E-state index in [0.29, 0.717) is 0 Å². The van der Waals surface area contributed by atoms with Crippen LogP contribution in [0.25, 0.3) is 0 Å². The van der Waals surface area contributed by atoms with E-state index in [2.05, 4.69) is 5.32 Å². The van der Waals surface area contributed by atoms with Crippen molar-refractivity contribution in [1.82, 2.24) is 5.32 Å². The molecule has 3 N–H and O–H groups in total. The number of hydrogen-bond donors (Lipinski definition) is 2. The molecule has 11 heavy (non-hydrogen) atoms. The van der Waals surface area contributed by atoms with Gasteiger partial charge in [-0.1, -0.05) is 0 Å². The molecule has 0 spiro atoms. The maximum Gasteiger partial charge on any atom is 0.0947 e. The van der Waals surface area contributed by atoms with Crippen LogP contribution in [0.2, 0.25) is 0 Å². The molecule has 3 heteroatoms. The zero-order valence-corrected chi connectivity index (χ0v) is 6.71. The van der Waals surface area contributed by atoms with Crippen molar-refractivity contribution in [2.24, 2.45) is 5.73 Å². The maximum absolute atomic E-state index is 5.55. The van der Waals surface area contributed by atoms with E-state index in [4.69, 9.17) is 10.2 Å². The van der Waals surface area contributed by atoms with Crippen molar-refractivity contribution in [3.05, 3.63) is 24.2 Å². The summed E-state index contributed by atoms with van der Waals surface area (Å²) >= 11 is 0. The molecule has 1 heterocycles. The molecule has 0 fully saturated rings. The molecular formula is C8H14N2O. The Hall–Kier alpha value is -0.800. The first-order valence-corrected chi connectivity index (χ1v) is 3.76. The SMILES string of the molecule is CC(N)CNCc1ccoc1. The van der Waals surface area contributed by atoms with Crippen LogP contribution in [-0.2, 0) is 6.54 Å². The van der Waals surface area contributed by atoms with Crippen molar-refractivity contribution < 1.29 is 4.42 Å². The Morgan fingerprint density at radius 3 is 3.09 bits per heavy atom. The first-order valence-electron chi connectivity index (χ1n) is 3.76. The summed E-state index contributed by atoms with van der Waals surface area (Å²) < 4.78 is 4.90. The Bertz CT molecular complexity index is 182. The van der Waals surface area contributed by atoms with E-state index in [-0.39, 0.29) is 6.04 Å². The second-order valence-electron chi connectivity index (χ2n) is 2.74. The summed E-state index contributed by atoms with van der Waals surface area (Å²) in [5, 5.41) is 3.20. The number of nitrogens with two attached hydrogens (primary N) is 1. The van der Waals surface area contributed by atoms with Gasteiger partial charge in [0, 0.05) is 24.7 Å². The molecule has 3 nitrogen and oxygen atoms in total. The molecular weight excluding hydrogens is 140 g/mol. The van der Waals surface area contributed by atoms with Crippen LogP contribution in [0.1, 0.15) is 12.5 Å². The first-order chi connectivity index (χ1) is 5.29. The Morgan fingerprint density at radius 1 is 1.73 bits per heavy atom. The van der Waals surface area contributed by atoms with Crippen LogP contribution in [0.3, 0.4) is 0 Å². The molecule has 1 aromatic rings. The summed E-state index contributed by atoms with van der Waals surface area (Å²) in [6, 6.07) is 2.15. The number of hydrogen-bond acceptors (Lipinski definition) is 3. The molecule has 1 atom stereocenters. The lowest BCUT2D eigenvalue weighted by molar-refractivity contribution is 0.556. The topological polar surface area (TPSA) is 51.2 Å². The zero-order chi connectivity index (χ0) is 8.10. The average molecular weight is 154 g/mol. The lowest BCUT2D eigenvalue weighted by atomic mass is 10.3. The minimum atomic E-state index is 0.210. The number of rotatable bonds is 4. The highest BCUT2D eigenvalue weighted by molar-refractivity contribution is 5.04. The molecule has 0 aromatic carbocycles. The van der Waals surface area contributed by atoms with E-state index < -0.39 is 0 Å². The van der Waals surface area contributed by atoms with Crippen LogP contribution in [-0.4, -0.2) is 12.6 Å². The number of nitrogens with one attached hydrogen (secondary N) is 1. The van der Waals surface area contributed by atoms with Gasteiger partial charge in [0.05, 0.1) is 12.5 Å². The smallest absolute Gasteiger partial charge is 0.0947 e. The zero-order valence-electron chi connectivity index (χ0n) is 6.71. The van der Waals surface area contributed by atoms with Gasteiger partial charge in [0.1, 0.15) is 0 Å². The molecule has 1 aromatic heterocycles. The largest absolute Gasteiger partial charge is 0.472 e. The van der Waals surface area contributed by atoms with Gasteiger partial charge in [0.15, 0.2) is 0 Å². The Kier molecular flexibility index (Phi) is 3.14. The Labute approximate surface area is 66.6 Å². The van der Waals surface area contributed by atoms with Gasteiger partial charge in [0.2, 0.25) is 0 Å². The van der Waals surface area contributed by atoms with E-state index in [0.717, 1.165) is 18.7 Å². The summed E-state index contributed by atoms with van der Waals surface area (Å²) in [6.45, 7) is 3.64. The second kappa shape index (κ2) is 4.16. The molecule has 0 radical (unpaired) electrons. The second-order valence-corrected chi connectivity index (χ2v) is 2.74. The summed E-state index contributed by atoms with van der Waals surface area (Å²) in [4.78, 5) is 0.